The van der Waals surface area contributed by atoms with E-state index in [0.717, 1.165) is 37.2 Å². The van der Waals surface area contributed by atoms with E-state index in [-0.39, 0.29) is 5.91 Å². The standard InChI is InChI=1S/C16H24N2O/c1-4-17-14-7-5-13(6-8-14)16(19)18(11-12(2)3)15-9-10-15/h5-8,12,15,17H,4,9-11H2,1-3H3. The summed E-state index contributed by atoms with van der Waals surface area (Å²) in [5.41, 5.74) is 1.87. The Morgan fingerprint density at radius 2 is 1.95 bits per heavy atom. The lowest BCUT2D eigenvalue weighted by Gasteiger charge is -2.24. The van der Waals surface area contributed by atoms with Crippen molar-refractivity contribution in [3.8, 4) is 0 Å². The molecule has 0 heterocycles. The second-order valence-electron chi connectivity index (χ2n) is 5.69. The topological polar surface area (TPSA) is 32.3 Å². The molecule has 0 radical (unpaired) electrons. The van der Waals surface area contributed by atoms with E-state index in [0.29, 0.717) is 12.0 Å². The van der Waals surface area contributed by atoms with Crippen LogP contribution < -0.4 is 5.32 Å². The number of carbonyl (C=O) groups excluding carboxylic acids is 1. The predicted molar refractivity (Wildman–Crippen MR) is 79.5 cm³/mol. The van der Waals surface area contributed by atoms with E-state index >= 15 is 0 Å². The fraction of sp³-hybridized carbons (Fsp3) is 0.562. The molecular formula is C16H24N2O. The summed E-state index contributed by atoms with van der Waals surface area (Å²) in [6.45, 7) is 8.15. The van der Waals surface area contributed by atoms with Gasteiger partial charge in [-0.15, -0.1) is 0 Å². The SMILES string of the molecule is CCNc1ccc(C(=O)N(CC(C)C)C2CC2)cc1. The Balaban J connectivity index is 2.07. The van der Waals surface area contributed by atoms with Gasteiger partial charge < -0.3 is 10.2 Å². The van der Waals surface area contributed by atoms with E-state index in [4.69, 9.17) is 0 Å². The van der Waals surface area contributed by atoms with Crippen molar-refractivity contribution in [2.75, 3.05) is 18.4 Å². The largest absolute Gasteiger partial charge is 0.385 e. The van der Waals surface area contributed by atoms with Crippen molar-refractivity contribution >= 4 is 11.6 Å². The lowest BCUT2D eigenvalue weighted by atomic mass is 10.1. The van der Waals surface area contributed by atoms with Crippen LogP contribution in [0.1, 0.15) is 44.0 Å². The Morgan fingerprint density at radius 1 is 1.32 bits per heavy atom. The van der Waals surface area contributed by atoms with E-state index in [9.17, 15) is 4.79 Å². The van der Waals surface area contributed by atoms with Crippen LogP contribution in [0.5, 0.6) is 0 Å². The molecule has 1 N–H and O–H groups in total. The number of hydrogen-bond acceptors (Lipinski definition) is 2. The summed E-state index contributed by atoms with van der Waals surface area (Å²) in [7, 11) is 0. The molecule has 3 nitrogen and oxygen atoms in total. The molecule has 104 valence electrons. The summed E-state index contributed by atoms with van der Waals surface area (Å²) in [5, 5.41) is 3.25. The van der Waals surface area contributed by atoms with E-state index in [1.165, 1.54) is 0 Å². The van der Waals surface area contributed by atoms with Crippen molar-refractivity contribution in [3.63, 3.8) is 0 Å². The van der Waals surface area contributed by atoms with Crippen molar-refractivity contribution in [2.24, 2.45) is 5.92 Å². The Hall–Kier alpha value is -1.51. The molecule has 3 heteroatoms. The molecule has 2 rings (SSSR count). The highest BCUT2D eigenvalue weighted by atomic mass is 16.2. The molecule has 0 bridgehead atoms. The third-order valence-corrected chi connectivity index (χ3v) is 3.32. The summed E-state index contributed by atoms with van der Waals surface area (Å²) in [4.78, 5) is 14.6. The van der Waals surface area contributed by atoms with E-state index in [2.05, 4.69) is 26.1 Å². The number of rotatable bonds is 6. The zero-order chi connectivity index (χ0) is 13.8. The first-order valence-corrected chi connectivity index (χ1v) is 7.26. The minimum atomic E-state index is 0.180. The zero-order valence-corrected chi connectivity index (χ0v) is 12.1. The highest BCUT2D eigenvalue weighted by Crippen LogP contribution is 2.29. The Morgan fingerprint density at radius 3 is 2.42 bits per heavy atom. The predicted octanol–water partition coefficient (Wildman–Crippen LogP) is 3.38. The monoisotopic (exact) mass is 260 g/mol. The highest BCUT2D eigenvalue weighted by molar-refractivity contribution is 5.95. The van der Waals surface area contributed by atoms with Crippen LogP contribution in [-0.2, 0) is 0 Å². The molecule has 0 saturated heterocycles. The number of nitrogens with zero attached hydrogens (tertiary/aromatic N) is 1. The van der Waals surface area contributed by atoms with Gasteiger partial charge in [-0.25, -0.2) is 0 Å². The quantitative estimate of drug-likeness (QED) is 0.850. The van der Waals surface area contributed by atoms with Gasteiger partial charge in [-0.3, -0.25) is 4.79 Å². The van der Waals surface area contributed by atoms with Gasteiger partial charge >= 0.3 is 0 Å². The average Bonchev–Trinajstić information content (AvgIpc) is 3.20. The molecule has 19 heavy (non-hydrogen) atoms. The number of hydrogen-bond donors (Lipinski definition) is 1. The van der Waals surface area contributed by atoms with Crippen molar-refractivity contribution in [2.45, 2.75) is 39.7 Å². The minimum absolute atomic E-state index is 0.180. The molecule has 0 spiro atoms. The third kappa shape index (κ3) is 3.72. The maximum atomic E-state index is 12.5. The van der Waals surface area contributed by atoms with Crippen LogP contribution in [0.15, 0.2) is 24.3 Å². The molecule has 0 unspecified atom stereocenters. The number of nitrogens with one attached hydrogen (secondary N) is 1. The molecule has 1 aromatic carbocycles. The van der Waals surface area contributed by atoms with Gasteiger partial charge in [-0.05, 0) is 49.9 Å². The zero-order valence-electron chi connectivity index (χ0n) is 12.1. The number of benzene rings is 1. The van der Waals surface area contributed by atoms with Gasteiger partial charge in [0.15, 0.2) is 0 Å². The maximum absolute atomic E-state index is 12.5. The van der Waals surface area contributed by atoms with E-state index < -0.39 is 0 Å². The van der Waals surface area contributed by atoms with E-state index in [1.807, 2.05) is 29.2 Å². The van der Waals surface area contributed by atoms with Gasteiger partial charge in [0, 0.05) is 30.4 Å². The smallest absolute Gasteiger partial charge is 0.254 e. The van der Waals surface area contributed by atoms with Gasteiger partial charge in [0.25, 0.3) is 5.91 Å². The summed E-state index contributed by atoms with van der Waals surface area (Å²) >= 11 is 0. The lowest BCUT2D eigenvalue weighted by molar-refractivity contribution is 0.0722. The van der Waals surface area contributed by atoms with Crippen LogP contribution in [0.4, 0.5) is 5.69 Å². The first kappa shape index (κ1) is 13.9. The molecule has 1 amide bonds. The van der Waals surface area contributed by atoms with Gasteiger partial charge in [0.1, 0.15) is 0 Å². The fourth-order valence-corrected chi connectivity index (χ4v) is 2.28. The molecule has 0 atom stereocenters. The van der Waals surface area contributed by atoms with Gasteiger partial charge in [0.2, 0.25) is 0 Å². The summed E-state index contributed by atoms with van der Waals surface area (Å²) < 4.78 is 0. The van der Waals surface area contributed by atoms with Crippen molar-refractivity contribution in [1.29, 1.82) is 0 Å². The Labute approximate surface area is 116 Å². The maximum Gasteiger partial charge on any atom is 0.254 e. The highest BCUT2D eigenvalue weighted by Gasteiger charge is 2.33. The molecule has 1 aliphatic rings. The lowest BCUT2D eigenvalue weighted by Crippen LogP contribution is -2.36. The second kappa shape index (κ2) is 6.09. The van der Waals surface area contributed by atoms with Crippen LogP contribution in [-0.4, -0.2) is 29.9 Å². The summed E-state index contributed by atoms with van der Waals surface area (Å²) in [6.07, 6.45) is 2.32. The van der Waals surface area contributed by atoms with Crippen LogP contribution in [0.2, 0.25) is 0 Å². The average molecular weight is 260 g/mol. The molecule has 0 aromatic heterocycles. The molecule has 1 aliphatic carbocycles. The van der Waals surface area contributed by atoms with Crippen molar-refractivity contribution in [3.05, 3.63) is 29.8 Å². The minimum Gasteiger partial charge on any atom is -0.385 e. The summed E-state index contributed by atoms with van der Waals surface area (Å²) in [5.74, 6) is 0.699. The second-order valence-corrected chi connectivity index (χ2v) is 5.69. The molecule has 1 fully saturated rings. The van der Waals surface area contributed by atoms with Gasteiger partial charge in [-0.2, -0.15) is 0 Å². The number of amides is 1. The molecular weight excluding hydrogens is 236 g/mol. The fourth-order valence-electron chi connectivity index (χ4n) is 2.28. The summed E-state index contributed by atoms with van der Waals surface area (Å²) in [6, 6.07) is 8.30. The first-order chi connectivity index (χ1) is 9.11. The molecule has 0 aliphatic heterocycles. The van der Waals surface area contributed by atoms with Crippen LogP contribution in [0.3, 0.4) is 0 Å². The van der Waals surface area contributed by atoms with Crippen LogP contribution in [0, 0.1) is 5.92 Å². The van der Waals surface area contributed by atoms with Crippen molar-refractivity contribution in [1.82, 2.24) is 4.90 Å². The normalized spacial score (nSPS) is 14.5. The van der Waals surface area contributed by atoms with Gasteiger partial charge in [-0.1, -0.05) is 13.8 Å². The molecule has 1 saturated carbocycles. The van der Waals surface area contributed by atoms with Crippen LogP contribution in [0.25, 0.3) is 0 Å². The third-order valence-electron chi connectivity index (χ3n) is 3.32. The Bertz CT molecular complexity index is 421. The van der Waals surface area contributed by atoms with Crippen LogP contribution >= 0.6 is 0 Å². The number of carbonyl (C=O) groups is 1. The van der Waals surface area contributed by atoms with Crippen molar-refractivity contribution < 1.29 is 4.79 Å². The van der Waals surface area contributed by atoms with E-state index in [1.54, 1.807) is 0 Å². The Kier molecular flexibility index (Phi) is 4.46. The molecule has 1 aromatic rings. The van der Waals surface area contributed by atoms with Gasteiger partial charge in [0.05, 0.1) is 0 Å². The first-order valence-electron chi connectivity index (χ1n) is 7.26. The number of anilines is 1.